The van der Waals surface area contributed by atoms with Crippen LogP contribution in [0.15, 0.2) is 36.9 Å². The lowest BCUT2D eigenvalue weighted by molar-refractivity contribution is 1.25. The SMILES string of the molecule is C=CC[CH]c1ccccc1Cl. The second kappa shape index (κ2) is 4.20. The van der Waals surface area contributed by atoms with E-state index in [1.807, 2.05) is 30.3 Å². The summed E-state index contributed by atoms with van der Waals surface area (Å²) in [5.74, 6) is 0. The zero-order chi connectivity index (χ0) is 8.10. The molecule has 0 N–H and O–H groups in total. The summed E-state index contributed by atoms with van der Waals surface area (Å²) in [4.78, 5) is 0. The van der Waals surface area contributed by atoms with E-state index in [1.54, 1.807) is 0 Å². The standard InChI is InChI=1S/C10H10Cl/c1-2-3-6-9-7-4-5-8-10(9)11/h2,4-8H,1,3H2. The summed E-state index contributed by atoms with van der Waals surface area (Å²) in [6.07, 6.45) is 4.77. The van der Waals surface area contributed by atoms with E-state index >= 15 is 0 Å². The molecule has 1 heteroatoms. The van der Waals surface area contributed by atoms with Gasteiger partial charge in [-0.2, -0.15) is 0 Å². The van der Waals surface area contributed by atoms with Crippen LogP contribution in [0.5, 0.6) is 0 Å². The molecule has 0 saturated carbocycles. The number of allylic oxidation sites excluding steroid dienone is 1. The highest BCUT2D eigenvalue weighted by molar-refractivity contribution is 6.31. The van der Waals surface area contributed by atoms with Crippen molar-refractivity contribution in [3.63, 3.8) is 0 Å². The smallest absolute Gasteiger partial charge is 0.0441 e. The Morgan fingerprint density at radius 2 is 2.09 bits per heavy atom. The van der Waals surface area contributed by atoms with Crippen LogP contribution in [0.4, 0.5) is 0 Å². The fraction of sp³-hybridized carbons (Fsp3) is 0.100. The molecule has 0 aromatic heterocycles. The van der Waals surface area contributed by atoms with Crippen molar-refractivity contribution in [2.75, 3.05) is 0 Å². The van der Waals surface area contributed by atoms with Crippen LogP contribution < -0.4 is 0 Å². The first-order chi connectivity index (χ1) is 5.34. The average molecular weight is 166 g/mol. The molecule has 0 aliphatic rings. The molecular formula is C10H10Cl. The van der Waals surface area contributed by atoms with Crippen molar-refractivity contribution in [2.45, 2.75) is 6.42 Å². The van der Waals surface area contributed by atoms with Crippen molar-refractivity contribution in [1.82, 2.24) is 0 Å². The van der Waals surface area contributed by atoms with Crippen molar-refractivity contribution < 1.29 is 0 Å². The maximum atomic E-state index is 5.89. The van der Waals surface area contributed by atoms with E-state index in [-0.39, 0.29) is 0 Å². The molecule has 0 unspecified atom stereocenters. The van der Waals surface area contributed by atoms with Gasteiger partial charge in [0, 0.05) is 5.02 Å². The summed E-state index contributed by atoms with van der Waals surface area (Å²) in [6, 6.07) is 7.77. The van der Waals surface area contributed by atoms with E-state index in [0.29, 0.717) is 0 Å². The lowest BCUT2D eigenvalue weighted by Gasteiger charge is -1.99. The molecule has 0 amide bonds. The van der Waals surface area contributed by atoms with Gasteiger partial charge < -0.3 is 0 Å². The van der Waals surface area contributed by atoms with Gasteiger partial charge in [0.25, 0.3) is 0 Å². The summed E-state index contributed by atoms with van der Waals surface area (Å²) in [6.45, 7) is 3.63. The maximum absolute atomic E-state index is 5.89. The Morgan fingerprint density at radius 3 is 2.73 bits per heavy atom. The first-order valence-corrected chi connectivity index (χ1v) is 3.91. The summed E-state index contributed by atoms with van der Waals surface area (Å²) in [5.41, 5.74) is 1.08. The van der Waals surface area contributed by atoms with Crippen LogP contribution in [0, 0.1) is 6.42 Å². The second-order valence-electron chi connectivity index (χ2n) is 2.25. The topological polar surface area (TPSA) is 0 Å². The van der Waals surface area contributed by atoms with Gasteiger partial charge in [0.1, 0.15) is 0 Å². The first-order valence-electron chi connectivity index (χ1n) is 3.53. The highest BCUT2D eigenvalue weighted by Gasteiger charge is 1.95. The Balaban J connectivity index is 2.69. The molecule has 0 spiro atoms. The second-order valence-corrected chi connectivity index (χ2v) is 2.66. The molecule has 0 atom stereocenters. The Morgan fingerprint density at radius 1 is 1.36 bits per heavy atom. The summed E-state index contributed by atoms with van der Waals surface area (Å²) < 4.78 is 0. The third kappa shape index (κ3) is 2.39. The van der Waals surface area contributed by atoms with Crippen molar-refractivity contribution in [3.05, 3.63) is 53.9 Å². The Hall–Kier alpha value is -0.750. The molecule has 0 bridgehead atoms. The summed E-state index contributed by atoms with van der Waals surface area (Å²) >= 11 is 5.89. The molecule has 0 fully saturated rings. The van der Waals surface area contributed by atoms with Crippen LogP contribution in [-0.4, -0.2) is 0 Å². The highest BCUT2D eigenvalue weighted by atomic mass is 35.5. The van der Waals surface area contributed by atoms with Gasteiger partial charge in [-0.1, -0.05) is 35.9 Å². The summed E-state index contributed by atoms with van der Waals surface area (Å²) in [7, 11) is 0. The molecule has 11 heavy (non-hydrogen) atoms. The molecule has 1 radical (unpaired) electrons. The van der Waals surface area contributed by atoms with Gasteiger partial charge in [-0.3, -0.25) is 0 Å². The monoisotopic (exact) mass is 165 g/mol. The number of hydrogen-bond acceptors (Lipinski definition) is 0. The molecular weight excluding hydrogens is 156 g/mol. The predicted molar refractivity (Wildman–Crippen MR) is 49.7 cm³/mol. The normalized spacial score (nSPS) is 9.55. The first kappa shape index (κ1) is 8.35. The number of hydrogen-bond donors (Lipinski definition) is 0. The third-order valence-electron chi connectivity index (χ3n) is 1.41. The van der Waals surface area contributed by atoms with Gasteiger partial charge in [-0.05, 0) is 24.5 Å². The minimum Gasteiger partial charge on any atom is -0.103 e. The van der Waals surface area contributed by atoms with Gasteiger partial charge in [-0.25, -0.2) is 0 Å². The van der Waals surface area contributed by atoms with Crippen LogP contribution in [0.2, 0.25) is 5.02 Å². The van der Waals surface area contributed by atoms with Crippen molar-refractivity contribution in [1.29, 1.82) is 0 Å². The van der Waals surface area contributed by atoms with Crippen LogP contribution in [0.3, 0.4) is 0 Å². The van der Waals surface area contributed by atoms with Crippen LogP contribution in [-0.2, 0) is 0 Å². The fourth-order valence-corrected chi connectivity index (χ4v) is 1.06. The largest absolute Gasteiger partial charge is 0.103 e. The van der Waals surface area contributed by atoms with Crippen LogP contribution in [0.25, 0.3) is 0 Å². The van der Waals surface area contributed by atoms with Crippen LogP contribution in [0.1, 0.15) is 12.0 Å². The zero-order valence-electron chi connectivity index (χ0n) is 6.26. The predicted octanol–water partition coefficient (Wildman–Crippen LogP) is 3.47. The summed E-state index contributed by atoms with van der Waals surface area (Å²) in [5, 5.41) is 0.800. The Bertz CT molecular complexity index is 240. The Kier molecular flexibility index (Phi) is 3.18. The third-order valence-corrected chi connectivity index (χ3v) is 1.75. The average Bonchev–Trinajstić information content (AvgIpc) is 2.03. The van der Waals surface area contributed by atoms with Crippen LogP contribution >= 0.6 is 11.6 Å². The minimum atomic E-state index is 0.800. The molecule has 57 valence electrons. The Labute approximate surface area is 72.5 Å². The maximum Gasteiger partial charge on any atom is 0.0441 e. The van der Waals surface area contributed by atoms with E-state index < -0.39 is 0 Å². The molecule has 0 heterocycles. The van der Waals surface area contributed by atoms with Gasteiger partial charge in [-0.15, -0.1) is 6.58 Å². The number of halogens is 1. The van der Waals surface area contributed by atoms with Gasteiger partial charge in [0.15, 0.2) is 0 Å². The number of rotatable bonds is 3. The lowest BCUT2D eigenvalue weighted by Crippen LogP contribution is -1.80. The van der Waals surface area contributed by atoms with Crippen molar-refractivity contribution in [3.8, 4) is 0 Å². The zero-order valence-corrected chi connectivity index (χ0v) is 7.01. The number of benzene rings is 1. The van der Waals surface area contributed by atoms with E-state index in [2.05, 4.69) is 13.0 Å². The van der Waals surface area contributed by atoms with E-state index in [0.717, 1.165) is 17.0 Å². The minimum absolute atomic E-state index is 0.800. The van der Waals surface area contributed by atoms with E-state index in [1.165, 1.54) is 0 Å². The van der Waals surface area contributed by atoms with Gasteiger partial charge in [0.2, 0.25) is 0 Å². The molecule has 1 rings (SSSR count). The van der Waals surface area contributed by atoms with Gasteiger partial charge >= 0.3 is 0 Å². The quantitative estimate of drug-likeness (QED) is 0.602. The molecule has 0 saturated heterocycles. The molecule has 0 aliphatic heterocycles. The van der Waals surface area contributed by atoms with E-state index in [9.17, 15) is 0 Å². The molecule has 0 nitrogen and oxygen atoms in total. The molecule has 1 aromatic rings. The van der Waals surface area contributed by atoms with E-state index in [4.69, 9.17) is 11.6 Å². The lowest BCUT2D eigenvalue weighted by atomic mass is 10.1. The molecule has 1 aromatic carbocycles. The van der Waals surface area contributed by atoms with Crippen molar-refractivity contribution in [2.24, 2.45) is 0 Å². The highest BCUT2D eigenvalue weighted by Crippen LogP contribution is 2.17. The van der Waals surface area contributed by atoms with Crippen molar-refractivity contribution >= 4 is 11.6 Å². The fourth-order valence-electron chi connectivity index (χ4n) is 0.851. The van der Waals surface area contributed by atoms with Gasteiger partial charge in [0.05, 0.1) is 0 Å². The molecule has 0 aliphatic carbocycles.